The van der Waals surface area contributed by atoms with Crippen molar-refractivity contribution in [3.8, 4) is 5.75 Å². The molecular weight excluding hydrogens is 260 g/mol. The second-order valence-corrected chi connectivity index (χ2v) is 5.97. The standard InChI is InChI=1S/C19H24O2/c1-13(2)16-5-7-18(8-6-16)21-12-19(20)17-10-14(3)9-15(4)11-17/h5-11,13,19-20H,12H2,1-4H3. The highest BCUT2D eigenvalue weighted by molar-refractivity contribution is 5.31. The Morgan fingerprint density at radius 2 is 1.48 bits per heavy atom. The lowest BCUT2D eigenvalue weighted by Crippen LogP contribution is -2.10. The Kier molecular flexibility index (Phi) is 5.03. The fourth-order valence-corrected chi connectivity index (χ4v) is 2.42. The van der Waals surface area contributed by atoms with Crippen molar-refractivity contribution in [1.82, 2.24) is 0 Å². The van der Waals surface area contributed by atoms with E-state index in [-0.39, 0.29) is 6.61 Å². The normalized spacial score (nSPS) is 12.5. The largest absolute Gasteiger partial charge is 0.491 e. The van der Waals surface area contributed by atoms with Crippen LogP contribution in [0, 0.1) is 13.8 Å². The molecule has 0 fully saturated rings. The van der Waals surface area contributed by atoms with Crippen molar-refractivity contribution < 1.29 is 9.84 Å². The summed E-state index contributed by atoms with van der Waals surface area (Å²) in [5.74, 6) is 1.31. The SMILES string of the molecule is Cc1cc(C)cc(C(O)COc2ccc(C(C)C)cc2)c1. The van der Waals surface area contributed by atoms with Crippen LogP contribution in [0.25, 0.3) is 0 Å². The first-order valence-corrected chi connectivity index (χ1v) is 7.44. The van der Waals surface area contributed by atoms with E-state index in [1.54, 1.807) is 0 Å². The molecule has 2 aromatic carbocycles. The Balaban J connectivity index is 1.98. The molecule has 0 aliphatic rings. The predicted molar refractivity (Wildman–Crippen MR) is 86.9 cm³/mol. The molecule has 0 saturated heterocycles. The first-order valence-electron chi connectivity index (χ1n) is 7.44. The number of rotatable bonds is 5. The van der Waals surface area contributed by atoms with Crippen molar-refractivity contribution >= 4 is 0 Å². The van der Waals surface area contributed by atoms with Crippen LogP contribution in [0.15, 0.2) is 42.5 Å². The van der Waals surface area contributed by atoms with Crippen LogP contribution >= 0.6 is 0 Å². The molecule has 1 N–H and O–H groups in total. The molecule has 2 heteroatoms. The van der Waals surface area contributed by atoms with Crippen molar-refractivity contribution in [2.45, 2.75) is 39.7 Å². The van der Waals surface area contributed by atoms with Gasteiger partial charge in [0.1, 0.15) is 18.5 Å². The van der Waals surface area contributed by atoms with E-state index >= 15 is 0 Å². The van der Waals surface area contributed by atoms with Gasteiger partial charge < -0.3 is 9.84 Å². The van der Waals surface area contributed by atoms with Gasteiger partial charge in [-0.15, -0.1) is 0 Å². The molecule has 2 nitrogen and oxygen atoms in total. The monoisotopic (exact) mass is 284 g/mol. The molecule has 0 bridgehead atoms. The Labute approximate surface area is 127 Å². The Bertz CT molecular complexity index is 565. The lowest BCUT2D eigenvalue weighted by molar-refractivity contribution is 0.108. The summed E-state index contributed by atoms with van der Waals surface area (Å²) in [5.41, 5.74) is 4.51. The molecule has 0 aliphatic heterocycles. The van der Waals surface area contributed by atoms with Crippen LogP contribution in [0.2, 0.25) is 0 Å². The van der Waals surface area contributed by atoms with Gasteiger partial charge in [0.25, 0.3) is 0 Å². The minimum Gasteiger partial charge on any atom is -0.491 e. The van der Waals surface area contributed by atoms with E-state index in [0.717, 1.165) is 22.4 Å². The predicted octanol–water partition coefficient (Wildman–Crippen LogP) is 4.54. The van der Waals surface area contributed by atoms with Gasteiger partial charge in [0.05, 0.1) is 0 Å². The van der Waals surface area contributed by atoms with Gasteiger partial charge in [-0.3, -0.25) is 0 Å². The smallest absolute Gasteiger partial charge is 0.119 e. The van der Waals surface area contributed by atoms with Crippen molar-refractivity contribution in [3.05, 3.63) is 64.7 Å². The molecule has 2 aromatic rings. The van der Waals surface area contributed by atoms with Gasteiger partial charge in [0.2, 0.25) is 0 Å². The fraction of sp³-hybridized carbons (Fsp3) is 0.368. The van der Waals surface area contributed by atoms with Gasteiger partial charge in [-0.05, 0) is 43.0 Å². The van der Waals surface area contributed by atoms with E-state index in [2.05, 4.69) is 32.0 Å². The van der Waals surface area contributed by atoms with Crippen LogP contribution in [0.3, 0.4) is 0 Å². The highest BCUT2D eigenvalue weighted by Crippen LogP contribution is 2.21. The molecule has 0 radical (unpaired) electrons. The summed E-state index contributed by atoms with van der Waals surface area (Å²) >= 11 is 0. The number of hydrogen-bond donors (Lipinski definition) is 1. The van der Waals surface area contributed by atoms with E-state index in [9.17, 15) is 5.11 Å². The zero-order valence-corrected chi connectivity index (χ0v) is 13.3. The third-order valence-electron chi connectivity index (χ3n) is 3.58. The zero-order valence-electron chi connectivity index (χ0n) is 13.3. The van der Waals surface area contributed by atoms with Crippen LogP contribution in [0.1, 0.15) is 48.1 Å². The van der Waals surface area contributed by atoms with Crippen LogP contribution < -0.4 is 4.74 Å². The van der Waals surface area contributed by atoms with Crippen molar-refractivity contribution in [1.29, 1.82) is 0 Å². The lowest BCUT2D eigenvalue weighted by atomic mass is 10.0. The molecule has 112 valence electrons. The number of aliphatic hydroxyl groups is 1. The third kappa shape index (κ3) is 4.33. The molecule has 1 atom stereocenters. The average molecular weight is 284 g/mol. The van der Waals surface area contributed by atoms with Crippen molar-refractivity contribution in [2.75, 3.05) is 6.61 Å². The molecule has 1 unspecified atom stereocenters. The molecule has 2 rings (SSSR count). The minimum absolute atomic E-state index is 0.268. The van der Waals surface area contributed by atoms with Crippen LogP contribution in [0.5, 0.6) is 5.75 Å². The van der Waals surface area contributed by atoms with Crippen molar-refractivity contribution in [2.24, 2.45) is 0 Å². The van der Waals surface area contributed by atoms with Gasteiger partial charge in [-0.25, -0.2) is 0 Å². The molecule has 0 aliphatic carbocycles. The molecule has 0 aromatic heterocycles. The maximum Gasteiger partial charge on any atom is 0.119 e. The van der Waals surface area contributed by atoms with E-state index in [1.807, 2.05) is 38.1 Å². The summed E-state index contributed by atoms with van der Waals surface area (Å²) in [7, 11) is 0. The zero-order chi connectivity index (χ0) is 15.4. The van der Waals surface area contributed by atoms with Crippen LogP contribution in [-0.2, 0) is 0 Å². The second-order valence-electron chi connectivity index (χ2n) is 5.97. The summed E-state index contributed by atoms with van der Waals surface area (Å²) in [6, 6.07) is 14.2. The molecule has 0 saturated carbocycles. The first-order chi connectivity index (χ1) is 9.95. The fourth-order valence-electron chi connectivity index (χ4n) is 2.42. The van der Waals surface area contributed by atoms with Gasteiger partial charge >= 0.3 is 0 Å². The molecular formula is C19H24O2. The molecule has 0 heterocycles. The summed E-state index contributed by atoms with van der Waals surface area (Å²) in [5, 5.41) is 10.2. The van der Waals surface area contributed by atoms with Crippen LogP contribution in [0.4, 0.5) is 0 Å². The number of benzene rings is 2. The van der Waals surface area contributed by atoms with E-state index in [0.29, 0.717) is 5.92 Å². The maximum absolute atomic E-state index is 10.2. The Morgan fingerprint density at radius 3 is 2.00 bits per heavy atom. The number of aliphatic hydroxyl groups excluding tert-OH is 1. The maximum atomic E-state index is 10.2. The van der Waals surface area contributed by atoms with E-state index < -0.39 is 6.10 Å². The van der Waals surface area contributed by atoms with Gasteiger partial charge in [-0.2, -0.15) is 0 Å². The van der Waals surface area contributed by atoms with Gasteiger partial charge in [-0.1, -0.05) is 55.3 Å². The second kappa shape index (κ2) is 6.77. The summed E-state index contributed by atoms with van der Waals surface area (Å²) in [6.45, 7) is 8.67. The number of ether oxygens (including phenoxy) is 1. The lowest BCUT2D eigenvalue weighted by Gasteiger charge is -2.14. The quantitative estimate of drug-likeness (QED) is 0.873. The molecule has 0 spiro atoms. The summed E-state index contributed by atoms with van der Waals surface area (Å²) in [4.78, 5) is 0. The molecule has 21 heavy (non-hydrogen) atoms. The Hall–Kier alpha value is -1.80. The first kappa shape index (κ1) is 15.6. The summed E-state index contributed by atoms with van der Waals surface area (Å²) < 4.78 is 5.69. The topological polar surface area (TPSA) is 29.5 Å². The molecule has 0 amide bonds. The average Bonchev–Trinajstić information content (AvgIpc) is 2.44. The van der Waals surface area contributed by atoms with Gasteiger partial charge in [0, 0.05) is 0 Å². The minimum atomic E-state index is -0.603. The van der Waals surface area contributed by atoms with Crippen LogP contribution in [-0.4, -0.2) is 11.7 Å². The van der Waals surface area contributed by atoms with Crippen molar-refractivity contribution in [3.63, 3.8) is 0 Å². The highest BCUT2D eigenvalue weighted by atomic mass is 16.5. The summed E-state index contributed by atoms with van der Waals surface area (Å²) in [6.07, 6.45) is -0.603. The highest BCUT2D eigenvalue weighted by Gasteiger charge is 2.10. The number of aryl methyl sites for hydroxylation is 2. The Morgan fingerprint density at radius 1 is 0.905 bits per heavy atom. The van der Waals surface area contributed by atoms with Gasteiger partial charge in [0.15, 0.2) is 0 Å². The van der Waals surface area contributed by atoms with E-state index in [4.69, 9.17) is 4.74 Å². The third-order valence-corrected chi connectivity index (χ3v) is 3.58. The number of hydrogen-bond acceptors (Lipinski definition) is 2. The van der Waals surface area contributed by atoms with E-state index in [1.165, 1.54) is 5.56 Å².